The van der Waals surface area contributed by atoms with Crippen LogP contribution in [-0.4, -0.2) is 28.6 Å². The van der Waals surface area contributed by atoms with Crippen LogP contribution in [0.15, 0.2) is 22.9 Å². The van der Waals surface area contributed by atoms with E-state index in [-0.39, 0.29) is 5.91 Å². The van der Waals surface area contributed by atoms with E-state index in [9.17, 15) is 9.90 Å². The molecule has 2 N–H and O–H groups in total. The van der Waals surface area contributed by atoms with Crippen molar-refractivity contribution in [2.45, 2.75) is 18.9 Å². The van der Waals surface area contributed by atoms with Crippen LogP contribution in [0.4, 0.5) is 0 Å². The predicted octanol–water partition coefficient (Wildman–Crippen LogP) is 1.34. The molecule has 1 aliphatic rings. The second-order valence-electron chi connectivity index (χ2n) is 3.98. The quantitative estimate of drug-likeness (QED) is 0.821. The molecule has 0 spiro atoms. The fraction of sp³-hybridized carbons (Fsp3) is 0.455. The van der Waals surface area contributed by atoms with Gasteiger partial charge in [0.15, 0.2) is 0 Å². The number of aromatic nitrogens is 1. The van der Waals surface area contributed by atoms with Crippen LogP contribution in [-0.2, 0) is 0 Å². The van der Waals surface area contributed by atoms with Gasteiger partial charge < -0.3 is 10.4 Å². The Bertz CT molecular complexity index is 376. The number of nitrogens with one attached hydrogen (secondary N) is 1. The topological polar surface area (TPSA) is 62.2 Å². The van der Waals surface area contributed by atoms with E-state index in [4.69, 9.17) is 0 Å². The van der Waals surface area contributed by atoms with Crippen molar-refractivity contribution in [1.29, 1.82) is 0 Å². The average Bonchev–Trinajstić information content (AvgIpc) is 3.10. The summed E-state index contributed by atoms with van der Waals surface area (Å²) >= 11 is 3.20. The number of pyridine rings is 1. The number of hydrogen-bond donors (Lipinski definition) is 2. The zero-order chi connectivity index (χ0) is 11.5. The molecular weight excluding hydrogens is 272 g/mol. The van der Waals surface area contributed by atoms with Gasteiger partial charge in [0.2, 0.25) is 0 Å². The SMILES string of the molecule is O=C(NCC(O)C1CC1)c1ccc(Br)nc1. The zero-order valence-corrected chi connectivity index (χ0v) is 10.3. The first-order chi connectivity index (χ1) is 7.66. The van der Waals surface area contributed by atoms with Crippen LogP contribution in [0, 0.1) is 5.92 Å². The van der Waals surface area contributed by atoms with Crippen molar-refractivity contribution < 1.29 is 9.90 Å². The lowest BCUT2D eigenvalue weighted by atomic mass is 10.2. The van der Waals surface area contributed by atoms with Gasteiger partial charge in [-0.2, -0.15) is 0 Å². The van der Waals surface area contributed by atoms with Gasteiger partial charge >= 0.3 is 0 Å². The number of rotatable bonds is 4. The van der Waals surface area contributed by atoms with Crippen LogP contribution in [0.3, 0.4) is 0 Å². The highest BCUT2D eigenvalue weighted by Gasteiger charge is 2.29. The Labute approximate surface area is 102 Å². The van der Waals surface area contributed by atoms with Gasteiger partial charge in [0, 0.05) is 12.7 Å². The van der Waals surface area contributed by atoms with Crippen molar-refractivity contribution in [3.8, 4) is 0 Å². The molecule has 1 fully saturated rings. The Morgan fingerprint density at radius 2 is 2.38 bits per heavy atom. The number of amides is 1. The van der Waals surface area contributed by atoms with Gasteiger partial charge in [-0.15, -0.1) is 0 Å². The van der Waals surface area contributed by atoms with Gasteiger partial charge in [-0.25, -0.2) is 4.98 Å². The molecule has 86 valence electrons. The summed E-state index contributed by atoms with van der Waals surface area (Å²) in [6.07, 6.45) is 3.23. The minimum absolute atomic E-state index is 0.195. The molecule has 4 nitrogen and oxygen atoms in total. The molecule has 0 aromatic carbocycles. The summed E-state index contributed by atoms with van der Waals surface area (Å²) in [5, 5.41) is 12.3. The third-order valence-electron chi connectivity index (χ3n) is 2.63. The van der Waals surface area contributed by atoms with E-state index < -0.39 is 6.10 Å². The van der Waals surface area contributed by atoms with Gasteiger partial charge in [-0.3, -0.25) is 4.79 Å². The minimum atomic E-state index is -0.410. The standard InChI is InChI=1S/C11H13BrN2O2/c12-10-4-3-8(5-13-10)11(16)14-6-9(15)7-1-2-7/h3-5,7,9,15H,1-2,6H2,(H,14,16). The number of aliphatic hydroxyl groups excluding tert-OH is 1. The van der Waals surface area contributed by atoms with E-state index in [1.807, 2.05) is 0 Å². The highest BCUT2D eigenvalue weighted by Crippen LogP contribution is 2.32. The summed E-state index contributed by atoms with van der Waals surface area (Å²) < 4.78 is 0.696. The van der Waals surface area contributed by atoms with Gasteiger partial charge in [0.1, 0.15) is 4.60 Å². The first-order valence-corrected chi connectivity index (χ1v) is 6.04. The Kier molecular flexibility index (Phi) is 3.56. The molecule has 2 rings (SSSR count). The number of hydrogen-bond acceptors (Lipinski definition) is 3. The molecule has 1 heterocycles. The fourth-order valence-corrected chi connectivity index (χ4v) is 1.69. The van der Waals surface area contributed by atoms with Crippen LogP contribution in [0.5, 0.6) is 0 Å². The lowest BCUT2D eigenvalue weighted by Gasteiger charge is -2.10. The molecule has 5 heteroatoms. The average molecular weight is 285 g/mol. The number of aliphatic hydroxyl groups is 1. The fourth-order valence-electron chi connectivity index (χ4n) is 1.46. The van der Waals surface area contributed by atoms with Crippen molar-refractivity contribution >= 4 is 21.8 Å². The van der Waals surface area contributed by atoms with Crippen molar-refractivity contribution in [2.75, 3.05) is 6.54 Å². The lowest BCUT2D eigenvalue weighted by molar-refractivity contribution is 0.0901. The second-order valence-corrected chi connectivity index (χ2v) is 4.80. The molecule has 1 aliphatic carbocycles. The maximum absolute atomic E-state index is 11.6. The zero-order valence-electron chi connectivity index (χ0n) is 8.69. The van der Waals surface area contributed by atoms with Crippen LogP contribution in [0.1, 0.15) is 23.2 Å². The molecule has 1 atom stereocenters. The molecule has 1 aromatic heterocycles. The predicted molar refractivity (Wildman–Crippen MR) is 63.0 cm³/mol. The third kappa shape index (κ3) is 3.02. The van der Waals surface area contributed by atoms with Crippen molar-refractivity contribution in [1.82, 2.24) is 10.3 Å². The molecule has 0 bridgehead atoms. The van der Waals surface area contributed by atoms with E-state index in [0.717, 1.165) is 12.8 Å². The van der Waals surface area contributed by atoms with E-state index in [1.54, 1.807) is 12.1 Å². The number of carbonyl (C=O) groups excluding carboxylic acids is 1. The summed E-state index contributed by atoms with van der Waals surface area (Å²) in [5.41, 5.74) is 0.506. The smallest absolute Gasteiger partial charge is 0.252 e. The van der Waals surface area contributed by atoms with Crippen molar-refractivity contribution in [3.05, 3.63) is 28.5 Å². The summed E-state index contributed by atoms with van der Waals surface area (Å²) in [5.74, 6) is 0.183. The minimum Gasteiger partial charge on any atom is -0.391 e. The molecule has 1 saturated carbocycles. The maximum Gasteiger partial charge on any atom is 0.252 e. The molecule has 1 unspecified atom stereocenters. The summed E-state index contributed by atoms with van der Waals surface area (Å²) in [6, 6.07) is 3.40. The van der Waals surface area contributed by atoms with E-state index in [1.165, 1.54) is 6.20 Å². The second kappa shape index (κ2) is 4.93. The van der Waals surface area contributed by atoms with Gasteiger partial charge in [0.25, 0.3) is 5.91 Å². The Morgan fingerprint density at radius 3 is 2.94 bits per heavy atom. The van der Waals surface area contributed by atoms with Crippen molar-refractivity contribution in [3.63, 3.8) is 0 Å². The molecule has 0 radical (unpaired) electrons. The molecular formula is C11H13BrN2O2. The Balaban J connectivity index is 1.85. The summed E-state index contributed by atoms with van der Waals surface area (Å²) in [7, 11) is 0. The van der Waals surface area contributed by atoms with Crippen LogP contribution < -0.4 is 5.32 Å². The molecule has 1 amide bonds. The van der Waals surface area contributed by atoms with Crippen LogP contribution >= 0.6 is 15.9 Å². The molecule has 1 aromatic rings. The molecule has 0 saturated heterocycles. The monoisotopic (exact) mass is 284 g/mol. The molecule has 0 aliphatic heterocycles. The normalized spacial score (nSPS) is 16.9. The largest absolute Gasteiger partial charge is 0.391 e. The maximum atomic E-state index is 11.6. The van der Waals surface area contributed by atoms with Crippen LogP contribution in [0.25, 0.3) is 0 Å². The van der Waals surface area contributed by atoms with E-state index >= 15 is 0 Å². The Hall–Kier alpha value is -0.940. The number of carbonyl (C=O) groups is 1. The molecule has 16 heavy (non-hydrogen) atoms. The third-order valence-corrected chi connectivity index (χ3v) is 3.10. The first-order valence-electron chi connectivity index (χ1n) is 5.24. The first kappa shape index (κ1) is 11.5. The van der Waals surface area contributed by atoms with Crippen LogP contribution in [0.2, 0.25) is 0 Å². The lowest BCUT2D eigenvalue weighted by Crippen LogP contribution is -2.33. The highest BCUT2D eigenvalue weighted by atomic mass is 79.9. The van der Waals surface area contributed by atoms with E-state index in [2.05, 4.69) is 26.2 Å². The van der Waals surface area contributed by atoms with Crippen molar-refractivity contribution in [2.24, 2.45) is 5.92 Å². The van der Waals surface area contributed by atoms with E-state index in [0.29, 0.717) is 22.6 Å². The number of halogens is 1. The Morgan fingerprint density at radius 1 is 1.62 bits per heavy atom. The van der Waals surface area contributed by atoms with Gasteiger partial charge in [-0.1, -0.05) is 0 Å². The van der Waals surface area contributed by atoms with Gasteiger partial charge in [-0.05, 0) is 46.8 Å². The summed E-state index contributed by atoms with van der Waals surface area (Å²) in [4.78, 5) is 15.6. The number of nitrogens with zero attached hydrogens (tertiary/aromatic N) is 1. The highest BCUT2D eigenvalue weighted by molar-refractivity contribution is 9.10. The van der Waals surface area contributed by atoms with Gasteiger partial charge in [0.05, 0.1) is 11.7 Å². The summed E-state index contributed by atoms with van der Waals surface area (Å²) in [6.45, 7) is 0.319.